The zero-order valence-corrected chi connectivity index (χ0v) is 20.6. The van der Waals surface area contributed by atoms with Gasteiger partial charge in [0.05, 0.1) is 18.4 Å². The molecule has 0 spiro atoms. The number of aromatic nitrogens is 4. The van der Waals surface area contributed by atoms with Crippen LogP contribution in [0.25, 0.3) is 22.4 Å². The van der Waals surface area contributed by atoms with Gasteiger partial charge in [-0.2, -0.15) is 5.10 Å². The average Bonchev–Trinajstić information content (AvgIpc) is 3.03. The lowest BCUT2D eigenvalue weighted by atomic mass is 9.95. The van der Waals surface area contributed by atoms with Crippen molar-refractivity contribution in [3.8, 4) is 17.1 Å². The Morgan fingerprint density at radius 1 is 1.09 bits per heavy atom. The van der Waals surface area contributed by atoms with Crippen LogP contribution < -0.4 is 20.5 Å². The molecule has 34 heavy (non-hydrogen) atoms. The second-order valence-corrected chi connectivity index (χ2v) is 9.75. The highest BCUT2D eigenvalue weighted by Gasteiger charge is 2.25. The van der Waals surface area contributed by atoms with Crippen LogP contribution in [-0.4, -0.2) is 53.0 Å². The molecule has 0 radical (unpaired) electrons. The van der Waals surface area contributed by atoms with Gasteiger partial charge >= 0.3 is 0 Å². The first kappa shape index (κ1) is 22.9. The Morgan fingerprint density at radius 2 is 1.82 bits per heavy atom. The first-order valence-electron chi connectivity index (χ1n) is 12.7. The lowest BCUT2D eigenvalue weighted by Crippen LogP contribution is -2.41. The van der Waals surface area contributed by atoms with E-state index < -0.39 is 0 Å². The molecule has 1 aliphatic heterocycles. The minimum atomic E-state index is -0.118. The largest absolute Gasteiger partial charge is 0.496 e. The van der Waals surface area contributed by atoms with Crippen molar-refractivity contribution in [3.05, 3.63) is 34.2 Å². The third kappa shape index (κ3) is 4.31. The first-order valence-corrected chi connectivity index (χ1v) is 12.7. The number of H-pyrrole nitrogens is 1. The molecule has 2 aromatic heterocycles. The van der Waals surface area contributed by atoms with Gasteiger partial charge in [0, 0.05) is 43.9 Å². The molecule has 8 nitrogen and oxygen atoms in total. The van der Waals surface area contributed by atoms with Gasteiger partial charge in [-0.1, -0.05) is 25.7 Å². The maximum atomic E-state index is 13.3. The summed E-state index contributed by atoms with van der Waals surface area (Å²) in [7, 11) is 5.58. The molecule has 0 unspecified atom stereocenters. The molecule has 3 aromatic rings. The standard InChI is InChI=1S/C26H36N6O2/c1-27-18-12-14-32(15-13-18)19-10-11-20(21(16-19)34-3)24-28-25-22(26(33)29-24)23(30-31(25)2)17-8-6-4-5-7-9-17/h10-11,16-18,27H,4-9,12-15H2,1-3H3,(H,28,29,33). The Balaban J connectivity index is 1.49. The summed E-state index contributed by atoms with van der Waals surface area (Å²) in [5.41, 5.74) is 3.35. The van der Waals surface area contributed by atoms with E-state index in [-0.39, 0.29) is 5.56 Å². The molecule has 2 N–H and O–H groups in total. The van der Waals surface area contributed by atoms with Crippen molar-refractivity contribution in [2.24, 2.45) is 7.05 Å². The fourth-order valence-electron chi connectivity index (χ4n) is 5.65. The fourth-order valence-corrected chi connectivity index (χ4v) is 5.65. The highest BCUT2D eigenvalue weighted by molar-refractivity contribution is 5.81. The predicted molar refractivity (Wildman–Crippen MR) is 136 cm³/mol. The van der Waals surface area contributed by atoms with Gasteiger partial charge in [0.25, 0.3) is 5.56 Å². The summed E-state index contributed by atoms with van der Waals surface area (Å²) in [4.78, 5) is 23.6. The highest BCUT2D eigenvalue weighted by Crippen LogP contribution is 2.35. The molecule has 1 saturated carbocycles. The molecule has 0 bridgehead atoms. The van der Waals surface area contributed by atoms with Gasteiger partial charge in [0.15, 0.2) is 5.65 Å². The molecule has 1 saturated heterocycles. The molecular formula is C26H36N6O2. The summed E-state index contributed by atoms with van der Waals surface area (Å²) in [5.74, 6) is 1.56. The number of benzene rings is 1. The van der Waals surface area contributed by atoms with Crippen molar-refractivity contribution in [1.82, 2.24) is 25.1 Å². The van der Waals surface area contributed by atoms with Crippen LogP contribution >= 0.6 is 0 Å². The van der Waals surface area contributed by atoms with Crippen LogP contribution in [-0.2, 0) is 7.05 Å². The van der Waals surface area contributed by atoms with Crippen molar-refractivity contribution >= 4 is 16.7 Å². The summed E-state index contributed by atoms with van der Waals surface area (Å²) < 4.78 is 7.51. The number of hydrogen-bond acceptors (Lipinski definition) is 6. The second-order valence-electron chi connectivity index (χ2n) is 9.75. The average molecular weight is 465 g/mol. The number of nitrogens with zero attached hydrogens (tertiary/aromatic N) is 4. The third-order valence-corrected chi connectivity index (χ3v) is 7.67. The molecule has 1 aliphatic carbocycles. The Hall–Kier alpha value is -2.87. The smallest absolute Gasteiger partial charge is 0.262 e. The maximum absolute atomic E-state index is 13.3. The van der Waals surface area contributed by atoms with Crippen LogP contribution in [0.15, 0.2) is 23.0 Å². The second kappa shape index (κ2) is 9.78. The molecule has 0 atom stereocenters. The summed E-state index contributed by atoms with van der Waals surface area (Å²) in [6.45, 7) is 2.02. The van der Waals surface area contributed by atoms with E-state index in [0.29, 0.717) is 34.6 Å². The van der Waals surface area contributed by atoms with Crippen molar-refractivity contribution in [3.63, 3.8) is 0 Å². The molecule has 182 valence electrons. The number of piperidine rings is 1. The Labute approximate surface area is 200 Å². The number of aromatic amines is 1. The zero-order chi connectivity index (χ0) is 23.7. The molecule has 3 heterocycles. The minimum absolute atomic E-state index is 0.118. The monoisotopic (exact) mass is 464 g/mol. The van der Waals surface area contributed by atoms with E-state index in [0.717, 1.165) is 55.7 Å². The lowest BCUT2D eigenvalue weighted by Gasteiger charge is -2.33. The van der Waals surface area contributed by atoms with Crippen molar-refractivity contribution in [1.29, 1.82) is 0 Å². The fraction of sp³-hybridized carbons (Fsp3) is 0.577. The van der Waals surface area contributed by atoms with Crippen molar-refractivity contribution in [2.45, 2.75) is 63.3 Å². The Morgan fingerprint density at radius 3 is 2.50 bits per heavy atom. The molecule has 2 fully saturated rings. The van der Waals surface area contributed by atoms with E-state index in [9.17, 15) is 4.79 Å². The van der Waals surface area contributed by atoms with E-state index in [2.05, 4.69) is 27.3 Å². The van der Waals surface area contributed by atoms with Crippen LogP contribution in [0.2, 0.25) is 0 Å². The topological polar surface area (TPSA) is 88.1 Å². The van der Waals surface area contributed by atoms with Crippen LogP contribution in [0, 0.1) is 0 Å². The van der Waals surface area contributed by atoms with Crippen LogP contribution in [0.3, 0.4) is 0 Å². The van der Waals surface area contributed by atoms with Gasteiger partial charge in [0.1, 0.15) is 17.0 Å². The van der Waals surface area contributed by atoms with Crippen LogP contribution in [0.4, 0.5) is 5.69 Å². The highest BCUT2D eigenvalue weighted by atomic mass is 16.5. The number of ether oxygens (including phenoxy) is 1. The number of anilines is 1. The first-order chi connectivity index (χ1) is 16.6. The molecule has 2 aliphatic rings. The molecule has 0 amide bonds. The van der Waals surface area contributed by atoms with E-state index >= 15 is 0 Å². The number of hydrogen-bond donors (Lipinski definition) is 2. The SMILES string of the molecule is CNC1CCN(c2ccc(-c3nc4c(c(C5CCCCCC5)nn4C)c(=O)[nH]3)c(OC)c2)CC1. The van der Waals surface area contributed by atoms with Gasteiger partial charge in [0.2, 0.25) is 0 Å². The summed E-state index contributed by atoms with van der Waals surface area (Å²) in [6.07, 6.45) is 9.35. The molecular weight excluding hydrogens is 428 g/mol. The van der Waals surface area contributed by atoms with Crippen molar-refractivity contribution < 1.29 is 4.74 Å². The van der Waals surface area contributed by atoms with Gasteiger partial charge < -0.3 is 19.9 Å². The normalized spacial score (nSPS) is 18.4. The van der Waals surface area contributed by atoms with E-state index in [1.54, 1.807) is 11.8 Å². The summed E-state index contributed by atoms with van der Waals surface area (Å²) in [6, 6.07) is 6.74. The number of aryl methyl sites for hydroxylation is 1. The summed E-state index contributed by atoms with van der Waals surface area (Å²) in [5, 5.41) is 8.79. The zero-order valence-electron chi connectivity index (χ0n) is 20.6. The van der Waals surface area contributed by atoms with Gasteiger partial charge in [-0.05, 0) is 44.9 Å². The number of nitrogens with one attached hydrogen (secondary N) is 2. The van der Waals surface area contributed by atoms with E-state index in [4.69, 9.17) is 14.8 Å². The van der Waals surface area contributed by atoms with Crippen molar-refractivity contribution in [2.75, 3.05) is 32.1 Å². The summed E-state index contributed by atoms with van der Waals surface area (Å²) >= 11 is 0. The maximum Gasteiger partial charge on any atom is 0.262 e. The van der Waals surface area contributed by atoms with Gasteiger partial charge in [-0.15, -0.1) is 0 Å². The molecule has 1 aromatic carbocycles. The van der Waals surface area contributed by atoms with Gasteiger partial charge in [-0.3, -0.25) is 4.79 Å². The Kier molecular flexibility index (Phi) is 6.59. The molecule has 5 rings (SSSR count). The number of fused-ring (bicyclic) bond motifs is 1. The van der Waals surface area contributed by atoms with Crippen LogP contribution in [0.1, 0.15) is 63.0 Å². The van der Waals surface area contributed by atoms with E-state index in [1.165, 1.54) is 25.7 Å². The van der Waals surface area contributed by atoms with Crippen LogP contribution in [0.5, 0.6) is 5.75 Å². The quantitative estimate of drug-likeness (QED) is 0.556. The van der Waals surface area contributed by atoms with Gasteiger partial charge in [-0.25, -0.2) is 9.67 Å². The Bertz CT molecular complexity index is 1200. The molecule has 8 heteroatoms. The number of methoxy groups -OCH3 is 1. The third-order valence-electron chi connectivity index (χ3n) is 7.67. The minimum Gasteiger partial charge on any atom is -0.496 e. The lowest BCUT2D eigenvalue weighted by molar-refractivity contribution is 0.415. The predicted octanol–water partition coefficient (Wildman–Crippen LogP) is 3.96. The number of rotatable bonds is 5. The van der Waals surface area contributed by atoms with E-state index in [1.807, 2.05) is 20.2 Å².